The molecule has 4 aromatic heterocycles. The molecule has 2 aliphatic heterocycles. The Morgan fingerprint density at radius 2 is 0.533 bits per heavy atom. The van der Waals surface area contributed by atoms with Gasteiger partial charge in [0.2, 0.25) is 0 Å². The van der Waals surface area contributed by atoms with Gasteiger partial charge in [-0.2, -0.15) is 0 Å². The van der Waals surface area contributed by atoms with E-state index in [1.807, 2.05) is 0 Å². The second-order valence-electron chi connectivity index (χ2n) is 33.1. The lowest BCUT2D eigenvalue weighted by atomic mass is 9.33. The highest BCUT2D eigenvalue weighted by molar-refractivity contribution is 7.00. The number of hydrogen-bond donors (Lipinski definition) is 0. The number of fused-ring (bicyclic) bond motifs is 10. The largest absolute Gasteiger partial charge is 0.310 e. The molecule has 0 atom stereocenters. The fourth-order valence-electron chi connectivity index (χ4n) is 16.7. The Balaban J connectivity index is 1.01. The number of aromatic nitrogens is 4. The summed E-state index contributed by atoms with van der Waals surface area (Å²) in [5.74, 6) is 0. The van der Waals surface area contributed by atoms with Crippen molar-refractivity contribution in [3.63, 3.8) is 0 Å². The molecule has 0 unspecified atom stereocenters. The highest BCUT2D eigenvalue weighted by Crippen LogP contribution is 2.55. The molecule has 0 spiro atoms. The first-order chi connectivity index (χ1) is 50.6. The summed E-state index contributed by atoms with van der Waals surface area (Å²) in [6, 6.07) is 103. The molecule has 6 heterocycles. The van der Waals surface area contributed by atoms with Crippen LogP contribution in [-0.2, 0) is 21.7 Å². The lowest BCUT2D eigenvalue weighted by Crippen LogP contribution is -2.61. The van der Waals surface area contributed by atoms with E-state index in [1.165, 1.54) is 82.3 Å². The van der Waals surface area contributed by atoms with E-state index in [0.717, 1.165) is 101 Å². The summed E-state index contributed by atoms with van der Waals surface area (Å²) in [7, 11) is 0. The van der Waals surface area contributed by atoms with Crippen LogP contribution in [0.3, 0.4) is 0 Å². The first-order valence-electron chi connectivity index (χ1n) is 37.1. The molecule has 0 N–H and O–H groups in total. The smallest absolute Gasteiger partial charge is 0.252 e. The quantitative estimate of drug-likeness (QED) is 0.135. The van der Waals surface area contributed by atoms with Gasteiger partial charge in [0.25, 0.3) is 6.71 Å². The van der Waals surface area contributed by atoms with Gasteiger partial charge in [-0.3, -0.25) is 9.97 Å². The van der Waals surface area contributed by atoms with Crippen LogP contribution in [0, 0.1) is 0 Å². The maximum atomic E-state index is 5.21. The van der Waals surface area contributed by atoms with E-state index >= 15 is 0 Å². The molecule has 6 nitrogen and oxygen atoms in total. The van der Waals surface area contributed by atoms with Gasteiger partial charge < -0.3 is 18.9 Å². The Kier molecular flexibility index (Phi) is 15.2. The molecule has 105 heavy (non-hydrogen) atoms. The second-order valence-corrected chi connectivity index (χ2v) is 33.1. The number of hydrogen-bond acceptors (Lipinski definition) is 4. The third-order valence-corrected chi connectivity index (χ3v) is 22.3. The van der Waals surface area contributed by atoms with E-state index in [2.05, 4.69) is 400 Å². The average molecular weight is 1360 g/mol. The zero-order chi connectivity index (χ0) is 72.0. The number of nitrogens with zero attached hydrogens (tertiary/aromatic N) is 6. The Morgan fingerprint density at radius 1 is 0.257 bits per heavy atom. The van der Waals surface area contributed by atoms with Gasteiger partial charge in [0.05, 0.1) is 33.4 Å². The first kappa shape index (κ1) is 65.2. The van der Waals surface area contributed by atoms with Crippen molar-refractivity contribution >= 4 is 101 Å². The molecular formula is C98H85BN6. The van der Waals surface area contributed by atoms with Crippen molar-refractivity contribution in [2.75, 3.05) is 9.80 Å². The predicted molar refractivity (Wildman–Crippen MR) is 447 cm³/mol. The number of pyridine rings is 2. The molecule has 0 saturated heterocycles. The molecule has 2 aliphatic rings. The van der Waals surface area contributed by atoms with Crippen LogP contribution in [0.4, 0.5) is 34.1 Å². The van der Waals surface area contributed by atoms with Gasteiger partial charge in [-0.25, -0.2) is 0 Å². The van der Waals surface area contributed by atoms with Gasteiger partial charge in [-0.1, -0.05) is 271 Å². The third kappa shape index (κ3) is 10.9. The maximum absolute atomic E-state index is 5.21. The van der Waals surface area contributed by atoms with Gasteiger partial charge in [0.15, 0.2) is 0 Å². The zero-order valence-electron chi connectivity index (χ0n) is 62.1. The normalized spacial score (nSPS) is 13.1. The monoisotopic (exact) mass is 1360 g/mol. The van der Waals surface area contributed by atoms with E-state index < -0.39 is 0 Å². The van der Waals surface area contributed by atoms with Crippen molar-refractivity contribution < 1.29 is 0 Å². The van der Waals surface area contributed by atoms with Crippen molar-refractivity contribution in [3.8, 4) is 67.0 Å². The lowest BCUT2D eigenvalue weighted by molar-refractivity contribution is 0.590. The van der Waals surface area contributed by atoms with Gasteiger partial charge in [0.1, 0.15) is 0 Å². The van der Waals surface area contributed by atoms with Crippen LogP contribution in [0.1, 0.15) is 105 Å². The molecule has 0 amide bonds. The summed E-state index contributed by atoms with van der Waals surface area (Å²) in [5, 5.41) is 4.99. The minimum atomic E-state index is -0.284. The van der Waals surface area contributed by atoms with Gasteiger partial charge in [-0.05, 0) is 179 Å². The van der Waals surface area contributed by atoms with Gasteiger partial charge >= 0.3 is 0 Å². The summed E-state index contributed by atoms with van der Waals surface area (Å²) in [6.45, 7) is 27.6. The Labute approximate surface area is 617 Å². The summed E-state index contributed by atoms with van der Waals surface area (Å²) in [4.78, 5) is 15.7. The van der Waals surface area contributed by atoms with Crippen LogP contribution >= 0.6 is 0 Å². The minimum absolute atomic E-state index is 0.0646. The fraction of sp³-hybridized carbons (Fsp3) is 0.163. The molecule has 12 aromatic carbocycles. The highest BCUT2D eigenvalue weighted by Gasteiger charge is 2.46. The van der Waals surface area contributed by atoms with Gasteiger partial charge in [-0.15, -0.1) is 0 Å². The zero-order valence-corrected chi connectivity index (χ0v) is 62.1. The van der Waals surface area contributed by atoms with Crippen LogP contribution in [-0.4, -0.2) is 25.8 Å². The molecule has 16 aromatic rings. The second kappa shape index (κ2) is 24.4. The summed E-state index contributed by atoms with van der Waals surface area (Å²) < 4.78 is 5.07. The first-order valence-corrected chi connectivity index (χ1v) is 37.1. The highest BCUT2D eigenvalue weighted by atomic mass is 15.2. The van der Waals surface area contributed by atoms with Crippen LogP contribution in [0.15, 0.2) is 298 Å². The topological polar surface area (TPSA) is 42.1 Å². The Bertz CT molecular complexity index is 5510. The van der Waals surface area contributed by atoms with Gasteiger partial charge in [0, 0.05) is 103 Å². The molecule has 0 fully saturated rings. The van der Waals surface area contributed by atoms with E-state index in [9.17, 15) is 0 Å². The molecule has 0 saturated carbocycles. The summed E-state index contributed by atoms with van der Waals surface area (Å²) in [6.07, 6.45) is 8.36. The molecule has 0 bridgehead atoms. The minimum Gasteiger partial charge on any atom is -0.310 e. The standard InChI is InChI=1S/C98H85BN6/c1-95(2,3)68-38-46-84-74(52-68)75-53-69(96(4,5)6)39-47-85(75)102(84)72-42-44-82-88(56-72)104(93-78(63-30-20-14-21-31-63)58-100-59-79(93)64-32-22-15-23-33-64)90-50-67(62-28-18-13-19-29-62)51-91-92(90)99(82)83-45-43-73(103-86-48-40-70(97(7,8)9)54-76(86)77-55-71(98(10,11)12)41-49-87(77)103)57-89(83)105(91)94-80(65-34-24-16-25-35-65)60-101-61-81(94)66-36-26-17-27-37-66/h13-61H,1-12H3. The maximum Gasteiger partial charge on any atom is 0.252 e. The summed E-state index contributed by atoms with van der Waals surface area (Å²) in [5.41, 5.74) is 32.4. The number of rotatable bonds is 9. The van der Waals surface area contributed by atoms with Crippen LogP contribution < -0.4 is 26.2 Å². The van der Waals surface area contributed by atoms with E-state index in [1.54, 1.807) is 0 Å². The van der Waals surface area contributed by atoms with Crippen molar-refractivity contribution in [3.05, 3.63) is 320 Å². The SMILES string of the molecule is CC(C)(C)c1ccc2c(c1)c1cc(C(C)(C)C)ccc1n2-c1ccc2c(c1)N(c1c(-c3ccccc3)cncc1-c1ccccc1)c1cc(-c3ccccc3)cc3c1B2c1ccc(-n2c4ccc(C(C)(C)C)cc4c4cc(C(C)(C)C)ccc42)cc1N3c1c(-c2ccccc2)cncc1-c1ccccc1. The predicted octanol–water partition coefficient (Wildman–Crippen LogP) is 24.3. The molecule has 0 aliphatic carbocycles. The molecular weight excluding hydrogens is 1270 g/mol. The number of anilines is 6. The summed E-state index contributed by atoms with van der Waals surface area (Å²) >= 11 is 0. The molecule has 0 radical (unpaired) electrons. The third-order valence-electron chi connectivity index (χ3n) is 22.3. The lowest BCUT2D eigenvalue weighted by Gasteiger charge is -2.46. The number of benzene rings is 12. The van der Waals surface area contributed by atoms with Crippen molar-refractivity contribution in [2.45, 2.75) is 105 Å². The van der Waals surface area contributed by atoms with Crippen molar-refractivity contribution in [2.24, 2.45) is 0 Å². The van der Waals surface area contributed by atoms with Crippen molar-refractivity contribution in [1.82, 2.24) is 19.1 Å². The van der Waals surface area contributed by atoms with Crippen LogP contribution in [0.5, 0.6) is 0 Å². The van der Waals surface area contributed by atoms with Crippen LogP contribution in [0.2, 0.25) is 0 Å². The van der Waals surface area contributed by atoms with E-state index in [4.69, 9.17) is 9.97 Å². The van der Waals surface area contributed by atoms with Crippen molar-refractivity contribution in [1.29, 1.82) is 0 Å². The van der Waals surface area contributed by atoms with E-state index in [-0.39, 0.29) is 28.4 Å². The Morgan fingerprint density at radius 3 is 0.810 bits per heavy atom. The Hall–Kier alpha value is -11.8. The molecule has 18 rings (SSSR count). The molecule has 510 valence electrons. The fourth-order valence-corrected chi connectivity index (χ4v) is 16.7. The van der Waals surface area contributed by atoms with Crippen LogP contribution in [0.25, 0.3) is 111 Å². The average Bonchev–Trinajstić information content (AvgIpc) is 1.14. The van der Waals surface area contributed by atoms with E-state index in [0.29, 0.717) is 0 Å². The molecule has 7 heteroatoms.